The predicted molar refractivity (Wildman–Crippen MR) is 81.4 cm³/mol. The van der Waals surface area contributed by atoms with Crippen molar-refractivity contribution in [2.24, 2.45) is 0 Å². The molecule has 5 nitrogen and oxygen atoms in total. The summed E-state index contributed by atoms with van der Waals surface area (Å²) in [5.74, 6) is 0.537. The van der Waals surface area contributed by atoms with Gasteiger partial charge in [0, 0.05) is 4.47 Å². The molecule has 2 rings (SSSR count). The molecule has 0 atom stereocenters. The molecule has 0 saturated carbocycles. The summed E-state index contributed by atoms with van der Waals surface area (Å²) in [6, 6.07) is 7.88. The van der Waals surface area contributed by atoms with Gasteiger partial charge in [-0.3, -0.25) is 4.72 Å². The van der Waals surface area contributed by atoms with E-state index < -0.39 is 10.0 Å². The summed E-state index contributed by atoms with van der Waals surface area (Å²) >= 11 is 9.23. The Morgan fingerprint density at radius 3 is 2.70 bits per heavy atom. The molecule has 0 spiro atoms. The summed E-state index contributed by atoms with van der Waals surface area (Å²) in [4.78, 5) is 0. The number of benzene rings is 1. The van der Waals surface area contributed by atoms with Gasteiger partial charge in [-0.05, 0) is 37.4 Å². The van der Waals surface area contributed by atoms with Gasteiger partial charge >= 0.3 is 0 Å². The van der Waals surface area contributed by atoms with Gasteiger partial charge in [0.2, 0.25) is 5.09 Å². The van der Waals surface area contributed by atoms with Crippen LogP contribution in [0.15, 0.2) is 44.3 Å². The molecule has 20 heavy (non-hydrogen) atoms. The Kier molecular flexibility index (Phi) is 4.74. The molecule has 0 aliphatic rings. The zero-order chi connectivity index (χ0) is 14.8. The Bertz CT molecular complexity index is 715. The van der Waals surface area contributed by atoms with Crippen LogP contribution < -0.4 is 10.0 Å². The molecular weight excluding hydrogens is 368 g/mol. The van der Waals surface area contributed by atoms with Crippen molar-refractivity contribution < 1.29 is 12.8 Å². The molecule has 0 radical (unpaired) electrons. The zero-order valence-electron chi connectivity index (χ0n) is 10.5. The summed E-state index contributed by atoms with van der Waals surface area (Å²) in [5, 5.41) is 3.02. The lowest BCUT2D eigenvalue weighted by Gasteiger charge is -2.07. The van der Waals surface area contributed by atoms with Crippen LogP contribution in [0.25, 0.3) is 0 Å². The molecule has 1 heterocycles. The monoisotopic (exact) mass is 378 g/mol. The third-order valence-electron chi connectivity index (χ3n) is 2.43. The average Bonchev–Trinajstić information content (AvgIpc) is 2.83. The minimum absolute atomic E-state index is 0.151. The van der Waals surface area contributed by atoms with E-state index in [9.17, 15) is 8.42 Å². The van der Waals surface area contributed by atoms with Crippen molar-refractivity contribution in [3.8, 4) is 0 Å². The predicted octanol–water partition coefficient (Wildman–Crippen LogP) is 3.22. The Labute approximate surface area is 130 Å². The quantitative estimate of drug-likeness (QED) is 0.837. The minimum atomic E-state index is -3.79. The van der Waals surface area contributed by atoms with Gasteiger partial charge in [-0.15, -0.1) is 0 Å². The number of rotatable bonds is 5. The van der Waals surface area contributed by atoms with Crippen LogP contribution in [0.5, 0.6) is 0 Å². The highest BCUT2D eigenvalue weighted by Gasteiger charge is 2.20. The van der Waals surface area contributed by atoms with Gasteiger partial charge in [-0.25, -0.2) is 0 Å². The van der Waals surface area contributed by atoms with Crippen LogP contribution >= 0.6 is 27.5 Å². The van der Waals surface area contributed by atoms with Crippen molar-refractivity contribution in [2.45, 2.75) is 11.6 Å². The highest BCUT2D eigenvalue weighted by molar-refractivity contribution is 9.10. The normalized spacial score (nSPS) is 11.6. The molecular formula is C12H12BrClN2O3S. The van der Waals surface area contributed by atoms with Crippen molar-refractivity contribution in [1.29, 1.82) is 0 Å². The number of sulfonamides is 1. The summed E-state index contributed by atoms with van der Waals surface area (Å²) in [6.07, 6.45) is 0. The molecule has 0 bridgehead atoms. The number of anilines is 1. The van der Waals surface area contributed by atoms with Gasteiger partial charge in [0.1, 0.15) is 5.76 Å². The van der Waals surface area contributed by atoms with Crippen molar-refractivity contribution in [3.05, 3.63) is 45.6 Å². The van der Waals surface area contributed by atoms with E-state index >= 15 is 0 Å². The summed E-state index contributed by atoms with van der Waals surface area (Å²) in [5.41, 5.74) is 0.293. The molecule has 0 aliphatic heterocycles. The lowest BCUT2D eigenvalue weighted by atomic mass is 10.3. The van der Waals surface area contributed by atoms with Crippen LogP contribution in [0, 0.1) is 0 Å². The first-order valence-corrected chi connectivity index (χ1v) is 8.29. The summed E-state index contributed by atoms with van der Waals surface area (Å²) < 4.78 is 32.7. The Morgan fingerprint density at radius 2 is 2.05 bits per heavy atom. The van der Waals surface area contributed by atoms with Crippen molar-refractivity contribution in [2.75, 3.05) is 11.8 Å². The van der Waals surface area contributed by atoms with Crippen molar-refractivity contribution in [3.63, 3.8) is 0 Å². The number of nitrogens with one attached hydrogen (secondary N) is 2. The van der Waals surface area contributed by atoms with Crippen LogP contribution in [0.4, 0.5) is 5.69 Å². The molecule has 0 amide bonds. The molecule has 1 aromatic carbocycles. The fraction of sp³-hybridized carbons (Fsp3) is 0.167. The van der Waals surface area contributed by atoms with E-state index in [0.717, 1.165) is 4.47 Å². The molecule has 1 aromatic heterocycles. The Morgan fingerprint density at radius 1 is 1.30 bits per heavy atom. The Hall–Kier alpha value is -1.02. The SMILES string of the molecule is CNCc1ccc(S(=O)(=O)Nc2ccc(Br)cc2Cl)o1. The maximum absolute atomic E-state index is 12.2. The molecule has 108 valence electrons. The summed E-state index contributed by atoms with van der Waals surface area (Å²) in [7, 11) is -2.04. The standard InChI is InChI=1S/C12H12BrClN2O3S/c1-15-7-9-3-5-12(19-9)20(17,18)16-11-4-2-8(13)6-10(11)14/h2-6,15-16H,7H2,1H3. The topological polar surface area (TPSA) is 71.3 Å². The first-order valence-electron chi connectivity index (χ1n) is 5.63. The van der Waals surface area contributed by atoms with Gasteiger partial charge in [-0.2, -0.15) is 8.42 Å². The number of furan rings is 1. The van der Waals surface area contributed by atoms with Gasteiger partial charge in [-0.1, -0.05) is 27.5 Å². The van der Waals surface area contributed by atoms with E-state index in [2.05, 4.69) is 26.0 Å². The number of halogens is 2. The fourth-order valence-electron chi connectivity index (χ4n) is 1.54. The highest BCUT2D eigenvalue weighted by atomic mass is 79.9. The third kappa shape index (κ3) is 3.54. The summed E-state index contributed by atoms with van der Waals surface area (Å²) in [6.45, 7) is 0.453. The van der Waals surface area contributed by atoms with E-state index in [4.69, 9.17) is 16.0 Å². The first kappa shape index (κ1) is 15.4. The molecule has 0 unspecified atom stereocenters. The molecule has 0 aliphatic carbocycles. The maximum Gasteiger partial charge on any atom is 0.295 e. The van der Waals surface area contributed by atoms with Gasteiger partial charge in [0.05, 0.1) is 17.3 Å². The van der Waals surface area contributed by atoms with Crippen LogP contribution in [0.3, 0.4) is 0 Å². The van der Waals surface area contributed by atoms with E-state index in [1.165, 1.54) is 6.07 Å². The highest BCUT2D eigenvalue weighted by Crippen LogP contribution is 2.28. The minimum Gasteiger partial charge on any atom is -0.446 e. The first-order chi connectivity index (χ1) is 9.42. The van der Waals surface area contributed by atoms with E-state index in [1.54, 1.807) is 31.3 Å². The molecule has 0 fully saturated rings. The van der Waals surface area contributed by atoms with Crippen LogP contribution in [-0.2, 0) is 16.6 Å². The fourth-order valence-corrected chi connectivity index (χ4v) is 3.35. The van der Waals surface area contributed by atoms with Crippen LogP contribution in [0.2, 0.25) is 5.02 Å². The lowest BCUT2D eigenvalue weighted by Crippen LogP contribution is -2.12. The average molecular weight is 380 g/mol. The lowest BCUT2D eigenvalue weighted by molar-refractivity contribution is 0.408. The van der Waals surface area contributed by atoms with Gasteiger partial charge < -0.3 is 9.73 Å². The smallest absolute Gasteiger partial charge is 0.295 e. The van der Waals surface area contributed by atoms with Crippen LogP contribution in [-0.4, -0.2) is 15.5 Å². The molecule has 0 saturated heterocycles. The zero-order valence-corrected chi connectivity index (χ0v) is 13.6. The molecule has 2 N–H and O–H groups in total. The second kappa shape index (κ2) is 6.17. The molecule has 8 heteroatoms. The third-order valence-corrected chi connectivity index (χ3v) is 4.47. The van der Waals surface area contributed by atoms with E-state index in [0.29, 0.717) is 23.0 Å². The van der Waals surface area contributed by atoms with E-state index in [-0.39, 0.29) is 5.09 Å². The van der Waals surface area contributed by atoms with Crippen LogP contribution in [0.1, 0.15) is 5.76 Å². The van der Waals surface area contributed by atoms with Crippen molar-refractivity contribution >= 4 is 43.2 Å². The van der Waals surface area contributed by atoms with E-state index in [1.807, 2.05) is 0 Å². The number of hydrogen-bond donors (Lipinski definition) is 2. The second-order valence-corrected chi connectivity index (χ2v) is 6.92. The molecule has 2 aromatic rings. The maximum atomic E-state index is 12.2. The van der Waals surface area contributed by atoms with Gasteiger partial charge in [0.15, 0.2) is 0 Å². The number of hydrogen-bond acceptors (Lipinski definition) is 4. The largest absolute Gasteiger partial charge is 0.446 e. The second-order valence-electron chi connectivity index (χ2n) is 3.98. The van der Waals surface area contributed by atoms with Gasteiger partial charge in [0.25, 0.3) is 10.0 Å². The Balaban J connectivity index is 2.26. The van der Waals surface area contributed by atoms with Crippen molar-refractivity contribution in [1.82, 2.24) is 5.32 Å².